The van der Waals surface area contributed by atoms with Crippen LogP contribution in [0.5, 0.6) is 0 Å². The van der Waals surface area contributed by atoms with Gasteiger partial charge in [0.15, 0.2) is 0 Å². The van der Waals surface area contributed by atoms with Crippen LogP contribution in [0.2, 0.25) is 10.0 Å². The lowest BCUT2D eigenvalue weighted by molar-refractivity contribution is 1.29. The number of thioether (sulfide) groups is 1. The van der Waals surface area contributed by atoms with E-state index in [0.29, 0.717) is 15.6 Å². The Morgan fingerprint density at radius 3 is 2.71 bits per heavy atom. The molecule has 0 saturated carbocycles. The number of nitrogens with one attached hydrogen (secondary N) is 1. The number of allylic oxidation sites excluding steroid dienone is 1. The van der Waals surface area contributed by atoms with Crippen molar-refractivity contribution in [2.24, 2.45) is 0 Å². The molecule has 0 spiro atoms. The van der Waals surface area contributed by atoms with Gasteiger partial charge in [-0.25, -0.2) is 0 Å². The van der Waals surface area contributed by atoms with E-state index < -0.39 is 0 Å². The average molecular weight is 333 g/mol. The maximum absolute atomic E-state index is 9.51. The highest BCUT2D eigenvalue weighted by Crippen LogP contribution is 2.37. The third-order valence-corrected chi connectivity index (χ3v) is 5.01. The molecule has 0 radical (unpaired) electrons. The smallest absolute Gasteiger partial charge is 0.102 e. The summed E-state index contributed by atoms with van der Waals surface area (Å²) in [4.78, 5) is 1.19. The van der Waals surface area contributed by atoms with Crippen LogP contribution in [0.25, 0.3) is 5.57 Å². The summed E-state index contributed by atoms with van der Waals surface area (Å²) in [5.74, 6) is 0.722. The molecule has 2 nitrogen and oxygen atoms in total. The third kappa shape index (κ3) is 2.89. The number of hydrogen-bond donors (Lipinski definition) is 1. The largest absolute Gasteiger partial charge is 0.356 e. The highest BCUT2D eigenvalue weighted by atomic mass is 35.5. The molecule has 1 heterocycles. The van der Waals surface area contributed by atoms with E-state index in [4.69, 9.17) is 23.2 Å². The molecule has 21 heavy (non-hydrogen) atoms. The molecule has 0 saturated heterocycles. The lowest BCUT2D eigenvalue weighted by atomic mass is 10.1. The van der Waals surface area contributed by atoms with Crippen molar-refractivity contribution in [1.29, 1.82) is 5.26 Å². The molecule has 104 valence electrons. The van der Waals surface area contributed by atoms with Gasteiger partial charge in [-0.3, -0.25) is 0 Å². The molecule has 0 bridgehead atoms. The van der Waals surface area contributed by atoms with Crippen molar-refractivity contribution in [3.05, 3.63) is 63.8 Å². The number of hydrogen-bond acceptors (Lipinski definition) is 3. The number of para-hydroxylation sites is 1. The van der Waals surface area contributed by atoms with E-state index in [9.17, 15) is 5.26 Å². The van der Waals surface area contributed by atoms with Gasteiger partial charge in [-0.1, -0.05) is 41.4 Å². The van der Waals surface area contributed by atoms with Crippen LogP contribution in [0.1, 0.15) is 5.56 Å². The van der Waals surface area contributed by atoms with Crippen LogP contribution in [-0.2, 0) is 0 Å². The van der Waals surface area contributed by atoms with E-state index in [1.807, 2.05) is 24.3 Å². The van der Waals surface area contributed by atoms with Crippen molar-refractivity contribution in [1.82, 2.24) is 0 Å². The number of anilines is 1. The Morgan fingerprint density at radius 2 is 1.95 bits per heavy atom. The average Bonchev–Trinajstić information content (AvgIpc) is 2.51. The second-order valence-corrected chi connectivity index (χ2v) is 6.34. The Labute approximate surface area is 137 Å². The van der Waals surface area contributed by atoms with Crippen LogP contribution in [0.4, 0.5) is 5.69 Å². The van der Waals surface area contributed by atoms with Gasteiger partial charge in [-0.2, -0.15) is 5.26 Å². The third-order valence-electron chi connectivity index (χ3n) is 3.17. The van der Waals surface area contributed by atoms with Gasteiger partial charge < -0.3 is 5.32 Å². The molecule has 2 aromatic carbocycles. The quantitative estimate of drug-likeness (QED) is 0.705. The van der Waals surface area contributed by atoms with Crippen molar-refractivity contribution in [2.75, 3.05) is 11.1 Å². The molecule has 0 fully saturated rings. The summed E-state index contributed by atoms with van der Waals surface area (Å²) in [7, 11) is 0. The van der Waals surface area contributed by atoms with E-state index in [1.165, 1.54) is 4.90 Å². The second-order valence-electron chi connectivity index (χ2n) is 4.50. The first-order valence-electron chi connectivity index (χ1n) is 6.26. The zero-order valence-electron chi connectivity index (χ0n) is 10.9. The van der Waals surface area contributed by atoms with Crippen LogP contribution in [0, 0.1) is 11.3 Å². The summed E-state index contributed by atoms with van der Waals surface area (Å²) in [5, 5.41) is 13.8. The first-order chi connectivity index (χ1) is 10.2. The van der Waals surface area contributed by atoms with Gasteiger partial charge in [0.1, 0.15) is 6.07 Å². The Balaban J connectivity index is 2.04. The van der Waals surface area contributed by atoms with E-state index >= 15 is 0 Å². The molecule has 5 heteroatoms. The molecule has 0 amide bonds. The van der Waals surface area contributed by atoms with E-state index in [0.717, 1.165) is 22.7 Å². The lowest BCUT2D eigenvalue weighted by Crippen LogP contribution is -2.10. The number of nitrogens with zero attached hydrogens (tertiary/aromatic N) is 1. The van der Waals surface area contributed by atoms with Crippen molar-refractivity contribution in [3.63, 3.8) is 0 Å². The van der Waals surface area contributed by atoms with Gasteiger partial charge >= 0.3 is 0 Å². The number of benzene rings is 2. The van der Waals surface area contributed by atoms with Crippen molar-refractivity contribution in [3.8, 4) is 6.07 Å². The molecule has 3 rings (SSSR count). The standard InChI is InChI=1S/C16H10Cl2N2S/c17-12-6-5-10(7-13(12)18)11(8-19)15-9-21-16-4-2-1-3-14(16)20-15/h1-7,20H,9H2/b15-11-. The molecule has 0 aliphatic carbocycles. The molecule has 1 aliphatic heterocycles. The lowest BCUT2D eigenvalue weighted by Gasteiger charge is -2.21. The van der Waals surface area contributed by atoms with Gasteiger partial charge in [-0.15, -0.1) is 11.8 Å². The van der Waals surface area contributed by atoms with Crippen LogP contribution < -0.4 is 5.32 Å². The Bertz CT molecular complexity index is 778. The Kier molecular flexibility index (Phi) is 4.12. The molecular formula is C16H10Cl2N2S. The minimum Gasteiger partial charge on any atom is -0.356 e. The molecule has 1 N–H and O–H groups in total. The van der Waals surface area contributed by atoms with Crippen molar-refractivity contribution >= 4 is 46.2 Å². The molecule has 2 aromatic rings. The van der Waals surface area contributed by atoms with Crippen LogP contribution in [0.15, 0.2) is 53.1 Å². The highest BCUT2D eigenvalue weighted by Gasteiger charge is 2.17. The summed E-state index contributed by atoms with van der Waals surface area (Å²) < 4.78 is 0. The summed E-state index contributed by atoms with van der Waals surface area (Å²) >= 11 is 13.7. The predicted octanol–water partition coefficient (Wildman–Crippen LogP) is 5.45. The van der Waals surface area contributed by atoms with Gasteiger partial charge in [0.25, 0.3) is 0 Å². The molecule has 0 unspecified atom stereocenters. The van der Waals surface area contributed by atoms with E-state index in [1.54, 1.807) is 23.9 Å². The van der Waals surface area contributed by atoms with Crippen molar-refractivity contribution in [2.45, 2.75) is 4.90 Å². The summed E-state index contributed by atoms with van der Waals surface area (Å²) in [6.45, 7) is 0. The summed E-state index contributed by atoms with van der Waals surface area (Å²) in [6.07, 6.45) is 0. The Morgan fingerprint density at radius 1 is 1.14 bits per heavy atom. The van der Waals surface area contributed by atoms with Crippen LogP contribution in [0.3, 0.4) is 0 Å². The maximum Gasteiger partial charge on any atom is 0.102 e. The number of halogens is 2. The van der Waals surface area contributed by atoms with Crippen LogP contribution >= 0.6 is 35.0 Å². The van der Waals surface area contributed by atoms with Gasteiger partial charge in [0.2, 0.25) is 0 Å². The minimum absolute atomic E-state index is 0.450. The van der Waals surface area contributed by atoms with Gasteiger partial charge in [0.05, 0.1) is 21.3 Å². The van der Waals surface area contributed by atoms with Crippen LogP contribution in [-0.4, -0.2) is 5.75 Å². The maximum atomic E-state index is 9.51. The normalized spacial score (nSPS) is 15.7. The zero-order chi connectivity index (χ0) is 14.8. The number of fused-ring (bicyclic) bond motifs is 1. The SMILES string of the molecule is N#C/C(=C1\CSc2ccccc2N1)c1ccc(Cl)c(Cl)c1. The monoisotopic (exact) mass is 332 g/mol. The summed E-state index contributed by atoms with van der Waals surface area (Å²) in [6, 6.07) is 15.6. The molecule has 0 atom stereocenters. The fourth-order valence-electron chi connectivity index (χ4n) is 2.14. The summed E-state index contributed by atoms with van der Waals surface area (Å²) in [5.41, 5.74) is 3.28. The van der Waals surface area contributed by atoms with E-state index in [2.05, 4.69) is 17.5 Å². The predicted molar refractivity (Wildman–Crippen MR) is 89.8 cm³/mol. The highest BCUT2D eigenvalue weighted by molar-refractivity contribution is 7.99. The number of nitriles is 1. The fraction of sp³-hybridized carbons (Fsp3) is 0.0625. The fourth-order valence-corrected chi connectivity index (χ4v) is 3.40. The Hall–Kier alpha value is -1.60. The molecule has 0 aromatic heterocycles. The first-order valence-corrected chi connectivity index (χ1v) is 8.00. The second kappa shape index (κ2) is 6.03. The molecule has 1 aliphatic rings. The van der Waals surface area contributed by atoms with E-state index in [-0.39, 0.29) is 0 Å². The zero-order valence-corrected chi connectivity index (χ0v) is 13.2. The van der Waals surface area contributed by atoms with Gasteiger partial charge in [-0.05, 0) is 29.8 Å². The molecular weight excluding hydrogens is 323 g/mol. The minimum atomic E-state index is 0.450. The number of rotatable bonds is 1. The van der Waals surface area contributed by atoms with Gasteiger partial charge in [0, 0.05) is 16.3 Å². The topological polar surface area (TPSA) is 35.8 Å². The first kappa shape index (κ1) is 14.3. The van der Waals surface area contributed by atoms with Crippen molar-refractivity contribution < 1.29 is 0 Å².